The van der Waals surface area contributed by atoms with Crippen LogP contribution in [0.4, 0.5) is 18.9 Å². The maximum Gasteiger partial charge on any atom is 0.416 e. The molecule has 0 saturated carbocycles. The number of sulfonamides is 1. The molecule has 0 aliphatic heterocycles. The lowest BCUT2D eigenvalue weighted by Gasteiger charge is -2.23. The Kier molecular flexibility index (Phi) is 7.32. The topological polar surface area (TPSA) is 66.5 Å². The predicted octanol–water partition coefficient (Wildman–Crippen LogP) is 4.75. The number of carbonyl (C=O) groups excluding carboxylic acids is 1. The monoisotopic (exact) mass is 488 g/mol. The average molecular weight is 490 g/mol. The molecule has 0 radical (unpaired) electrons. The molecular weight excluding hydrogens is 476 g/mol. The molecule has 0 unspecified atom stereocenters. The number of hydrogen-bond donors (Lipinski definition) is 1. The first-order chi connectivity index (χ1) is 13.3. The summed E-state index contributed by atoms with van der Waals surface area (Å²) in [7, 11) is -3.94. The zero-order valence-corrected chi connectivity index (χ0v) is 17.8. The molecule has 2 aromatic rings. The van der Waals surface area contributed by atoms with Gasteiger partial charge in [-0.3, -0.25) is 9.10 Å². The molecule has 2 rings (SSSR count). The Morgan fingerprint density at radius 3 is 2.28 bits per heavy atom. The molecule has 0 spiro atoms. The molecule has 1 amide bonds. The fourth-order valence-corrected chi connectivity index (χ4v) is 3.88. The highest BCUT2D eigenvalue weighted by atomic mass is 35.5. The van der Waals surface area contributed by atoms with Crippen molar-refractivity contribution in [3.05, 3.63) is 62.6 Å². The number of amides is 1. The number of alkyl halides is 3. The Labute approximate surface area is 180 Å². The SMILES string of the molecule is CS(=O)(=O)N(CC(=O)NCc1cccc(C(F)(F)F)c1)c1cc(Cl)c(Cl)cc1Cl. The van der Waals surface area contributed by atoms with E-state index in [2.05, 4.69) is 5.32 Å². The average Bonchev–Trinajstić information content (AvgIpc) is 2.60. The predicted molar refractivity (Wildman–Crippen MR) is 107 cm³/mol. The molecule has 0 heterocycles. The van der Waals surface area contributed by atoms with Gasteiger partial charge in [-0.05, 0) is 29.8 Å². The van der Waals surface area contributed by atoms with Crippen molar-refractivity contribution in [2.45, 2.75) is 12.7 Å². The van der Waals surface area contributed by atoms with Gasteiger partial charge in [0.05, 0.1) is 32.6 Å². The van der Waals surface area contributed by atoms with Gasteiger partial charge < -0.3 is 5.32 Å². The summed E-state index contributed by atoms with van der Waals surface area (Å²) >= 11 is 17.8. The standard InChI is InChI=1S/C17H14Cl3F3N2O3S/c1-29(27,28)25(15-7-13(19)12(18)6-14(15)20)9-16(26)24-8-10-3-2-4-11(5-10)17(21,22)23/h2-7H,8-9H2,1H3,(H,24,26). The zero-order chi connectivity index (χ0) is 22.0. The van der Waals surface area contributed by atoms with Crippen LogP contribution in [-0.2, 0) is 27.5 Å². The van der Waals surface area contributed by atoms with Gasteiger partial charge in [-0.1, -0.05) is 46.9 Å². The van der Waals surface area contributed by atoms with Gasteiger partial charge in [0, 0.05) is 6.54 Å². The summed E-state index contributed by atoms with van der Waals surface area (Å²) in [6, 6.07) is 6.85. The summed E-state index contributed by atoms with van der Waals surface area (Å²) in [5.41, 5.74) is -0.714. The van der Waals surface area contributed by atoms with Crippen molar-refractivity contribution in [3.8, 4) is 0 Å². The van der Waals surface area contributed by atoms with E-state index in [0.29, 0.717) is 0 Å². The van der Waals surface area contributed by atoms with Crippen molar-refractivity contribution in [2.75, 3.05) is 17.1 Å². The molecule has 1 N–H and O–H groups in total. The normalized spacial score (nSPS) is 12.0. The molecule has 158 valence electrons. The van der Waals surface area contributed by atoms with Crippen molar-refractivity contribution >= 4 is 56.4 Å². The Balaban J connectivity index is 2.17. The van der Waals surface area contributed by atoms with Crippen molar-refractivity contribution in [3.63, 3.8) is 0 Å². The lowest BCUT2D eigenvalue weighted by atomic mass is 10.1. The lowest BCUT2D eigenvalue weighted by Crippen LogP contribution is -2.40. The molecule has 0 bridgehead atoms. The highest BCUT2D eigenvalue weighted by Crippen LogP contribution is 2.35. The number of hydrogen-bond acceptors (Lipinski definition) is 3. The summed E-state index contributed by atoms with van der Waals surface area (Å²) in [6.45, 7) is -0.884. The Bertz CT molecular complexity index is 1030. The summed E-state index contributed by atoms with van der Waals surface area (Å²) in [5.74, 6) is -0.755. The second-order valence-corrected chi connectivity index (χ2v) is 9.09. The minimum atomic E-state index is -4.52. The number of nitrogens with one attached hydrogen (secondary N) is 1. The zero-order valence-electron chi connectivity index (χ0n) is 14.7. The van der Waals surface area contributed by atoms with Crippen LogP contribution in [0, 0.1) is 0 Å². The van der Waals surface area contributed by atoms with Gasteiger partial charge in [0.2, 0.25) is 15.9 Å². The maximum atomic E-state index is 12.8. The molecular formula is C17H14Cl3F3N2O3S. The van der Waals surface area contributed by atoms with Crippen molar-refractivity contribution < 1.29 is 26.4 Å². The van der Waals surface area contributed by atoms with E-state index >= 15 is 0 Å². The Hall–Kier alpha value is -1.68. The van der Waals surface area contributed by atoms with E-state index in [1.165, 1.54) is 24.3 Å². The number of benzene rings is 2. The fourth-order valence-electron chi connectivity index (χ4n) is 2.33. The minimum Gasteiger partial charge on any atom is -0.350 e. The van der Waals surface area contributed by atoms with Crippen LogP contribution in [0.1, 0.15) is 11.1 Å². The Morgan fingerprint density at radius 1 is 1.07 bits per heavy atom. The second-order valence-electron chi connectivity index (χ2n) is 5.96. The number of anilines is 1. The first-order valence-electron chi connectivity index (χ1n) is 7.84. The van der Waals surface area contributed by atoms with Crippen LogP contribution >= 0.6 is 34.8 Å². The third-order valence-electron chi connectivity index (χ3n) is 3.69. The molecule has 12 heteroatoms. The third-order valence-corrected chi connectivity index (χ3v) is 5.84. The van der Waals surface area contributed by atoms with Gasteiger partial charge in [0.15, 0.2) is 0 Å². The van der Waals surface area contributed by atoms with E-state index in [1.807, 2.05) is 0 Å². The van der Waals surface area contributed by atoms with Gasteiger partial charge >= 0.3 is 6.18 Å². The van der Waals surface area contributed by atoms with E-state index < -0.39 is 34.2 Å². The first kappa shape index (κ1) is 23.6. The molecule has 0 aliphatic carbocycles. The van der Waals surface area contributed by atoms with Crippen LogP contribution in [-0.4, -0.2) is 27.1 Å². The minimum absolute atomic E-state index is 0.0316. The van der Waals surface area contributed by atoms with E-state index in [0.717, 1.165) is 22.7 Å². The molecule has 0 aliphatic rings. The highest BCUT2D eigenvalue weighted by molar-refractivity contribution is 7.92. The lowest BCUT2D eigenvalue weighted by molar-refractivity contribution is -0.137. The van der Waals surface area contributed by atoms with Crippen LogP contribution in [0.15, 0.2) is 36.4 Å². The quantitative estimate of drug-likeness (QED) is 0.596. The summed E-state index contributed by atoms with van der Waals surface area (Å²) in [6.07, 6.45) is -3.65. The number of rotatable bonds is 6. The van der Waals surface area contributed by atoms with Crippen LogP contribution in [0.5, 0.6) is 0 Å². The summed E-state index contributed by atoms with van der Waals surface area (Å²) < 4.78 is 63.3. The van der Waals surface area contributed by atoms with Gasteiger partial charge in [0.25, 0.3) is 0 Å². The largest absolute Gasteiger partial charge is 0.416 e. The second kappa shape index (κ2) is 8.99. The van der Waals surface area contributed by atoms with E-state index in [-0.39, 0.29) is 32.9 Å². The van der Waals surface area contributed by atoms with Gasteiger partial charge in [0.1, 0.15) is 6.54 Å². The molecule has 0 aromatic heterocycles. The van der Waals surface area contributed by atoms with E-state index in [9.17, 15) is 26.4 Å². The first-order valence-corrected chi connectivity index (χ1v) is 10.8. The van der Waals surface area contributed by atoms with Crippen LogP contribution in [0.3, 0.4) is 0 Å². The van der Waals surface area contributed by atoms with E-state index in [1.54, 1.807) is 0 Å². The number of carbonyl (C=O) groups is 1. The van der Waals surface area contributed by atoms with Crippen molar-refractivity contribution in [2.24, 2.45) is 0 Å². The van der Waals surface area contributed by atoms with E-state index in [4.69, 9.17) is 34.8 Å². The highest BCUT2D eigenvalue weighted by Gasteiger charge is 2.30. The number of nitrogens with zero attached hydrogens (tertiary/aromatic N) is 1. The smallest absolute Gasteiger partial charge is 0.350 e. The molecule has 5 nitrogen and oxygen atoms in total. The summed E-state index contributed by atoms with van der Waals surface area (Å²) in [4.78, 5) is 12.3. The van der Waals surface area contributed by atoms with Gasteiger partial charge in [-0.2, -0.15) is 13.2 Å². The van der Waals surface area contributed by atoms with Crippen LogP contribution in [0.25, 0.3) is 0 Å². The molecule has 0 atom stereocenters. The maximum absolute atomic E-state index is 12.8. The molecule has 0 saturated heterocycles. The molecule has 29 heavy (non-hydrogen) atoms. The third kappa shape index (κ3) is 6.40. The van der Waals surface area contributed by atoms with Crippen molar-refractivity contribution in [1.82, 2.24) is 5.32 Å². The van der Waals surface area contributed by atoms with Crippen LogP contribution in [0.2, 0.25) is 15.1 Å². The molecule has 0 fully saturated rings. The van der Waals surface area contributed by atoms with Crippen molar-refractivity contribution in [1.29, 1.82) is 0 Å². The van der Waals surface area contributed by atoms with Gasteiger partial charge in [-0.15, -0.1) is 0 Å². The Morgan fingerprint density at radius 2 is 1.69 bits per heavy atom. The fraction of sp³-hybridized carbons (Fsp3) is 0.235. The van der Waals surface area contributed by atoms with Crippen LogP contribution < -0.4 is 9.62 Å². The molecule has 2 aromatic carbocycles. The number of halogens is 6. The summed E-state index contributed by atoms with van der Waals surface area (Å²) in [5, 5.41) is 2.47. The van der Waals surface area contributed by atoms with Gasteiger partial charge in [-0.25, -0.2) is 8.42 Å².